The van der Waals surface area contributed by atoms with E-state index < -0.39 is 0 Å². The molecule has 1 rings (SSSR count). The first kappa shape index (κ1) is 10.8. The van der Waals surface area contributed by atoms with Crippen molar-refractivity contribution in [2.45, 2.75) is 19.8 Å². The van der Waals surface area contributed by atoms with Gasteiger partial charge in [-0.25, -0.2) is 0 Å². The molecule has 0 atom stereocenters. The standard InChI is InChI=1S/C13H17N/c1-3-12-8-6-9-13(11-12)7-4-5-10-14-2/h6,8-9,11,14H,3,5,10H2,1-2H3. The minimum absolute atomic E-state index is 0.910. The van der Waals surface area contributed by atoms with E-state index in [1.54, 1.807) is 0 Å². The van der Waals surface area contributed by atoms with Crippen LogP contribution in [-0.4, -0.2) is 13.6 Å². The van der Waals surface area contributed by atoms with Crippen molar-refractivity contribution in [3.8, 4) is 11.8 Å². The van der Waals surface area contributed by atoms with E-state index in [2.05, 4.69) is 48.3 Å². The van der Waals surface area contributed by atoms with Gasteiger partial charge in [-0.05, 0) is 31.2 Å². The lowest BCUT2D eigenvalue weighted by Gasteiger charge is -1.95. The van der Waals surface area contributed by atoms with Crippen LogP contribution in [0.2, 0.25) is 0 Å². The van der Waals surface area contributed by atoms with Gasteiger partial charge in [0.05, 0.1) is 0 Å². The summed E-state index contributed by atoms with van der Waals surface area (Å²) in [6.07, 6.45) is 1.99. The minimum atomic E-state index is 0.910. The van der Waals surface area contributed by atoms with E-state index in [-0.39, 0.29) is 0 Å². The lowest BCUT2D eigenvalue weighted by atomic mass is 10.1. The fraction of sp³-hybridized carbons (Fsp3) is 0.385. The molecule has 1 aromatic carbocycles. The smallest absolute Gasteiger partial charge is 0.0247 e. The summed E-state index contributed by atoms with van der Waals surface area (Å²) in [5, 5.41) is 3.07. The van der Waals surface area contributed by atoms with E-state index in [0.717, 1.165) is 24.9 Å². The van der Waals surface area contributed by atoms with Gasteiger partial charge in [-0.15, -0.1) is 0 Å². The van der Waals surface area contributed by atoms with Crippen LogP contribution in [0.1, 0.15) is 24.5 Å². The second-order valence-electron chi connectivity index (χ2n) is 3.21. The predicted octanol–water partition coefficient (Wildman–Crippen LogP) is 2.21. The third kappa shape index (κ3) is 3.64. The van der Waals surface area contributed by atoms with Crippen LogP contribution in [0.15, 0.2) is 24.3 Å². The van der Waals surface area contributed by atoms with Gasteiger partial charge in [0, 0.05) is 18.5 Å². The topological polar surface area (TPSA) is 12.0 Å². The second kappa shape index (κ2) is 6.23. The molecule has 1 nitrogen and oxygen atoms in total. The Morgan fingerprint density at radius 2 is 2.21 bits per heavy atom. The molecular formula is C13H17N. The summed E-state index contributed by atoms with van der Waals surface area (Å²) in [4.78, 5) is 0. The van der Waals surface area contributed by atoms with E-state index in [1.807, 2.05) is 7.05 Å². The highest BCUT2D eigenvalue weighted by atomic mass is 14.8. The van der Waals surface area contributed by atoms with Crippen molar-refractivity contribution in [3.63, 3.8) is 0 Å². The number of rotatable bonds is 3. The van der Waals surface area contributed by atoms with Crippen molar-refractivity contribution < 1.29 is 0 Å². The van der Waals surface area contributed by atoms with Crippen LogP contribution in [0.5, 0.6) is 0 Å². The SMILES string of the molecule is CCc1cccc(C#CCCNC)c1. The molecule has 0 bridgehead atoms. The number of nitrogens with one attached hydrogen (secondary N) is 1. The third-order valence-electron chi connectivity index (χ3n) is 2.07. The van der Waals surface area contributed by atoms with Gasteiger partial charge in [-0.2, -0.15) is 0 Å². The summed E-state index contributed by atoms with van der Waals surface area (Å²) in [5.74, 6) is 6.31. The summed E-state index contributed by atoms with van der Waals surface area (Å²) < 4.78 is 0. The highest BCUT2D eigenvalue weighted by Gasteiger charge is 1.89. The molecule has 74 valence electrons. The molecule has 0 fully saturated rings. The zero-order valence-corrected chi connectivity index (χ0v) is 8.93. The molecule has 0 saturated carbocycles. The highest BCUT2D eigenvalue weighted by Crippen LogP contribution is 2.04. The van der Waals surface area contributed by atoms with E-state index in [4.69, 9.17) is 0 Å². The summed E-state index contributed by atoms with van der Waals surface area (Å²) in [6, 6.07) is 8.43. The zero-order valence-electron chi connectivity index (χ0n) is 8.93. The maximum atomic E-state index is 3.16. The Morgan fingerprint density at radius 3 is 2.93 bits per heavy atom. The van der Waals surface area contributed by atoms with Gasteiger partial charge >= 0.3 is 0 Å². The normalized spacial score (nSPS) is 9.29. The van der Waals surface area contributed by atoms with Crippen molar-refractivity contribution in [3.05, 3.63) is 35.4 Å². The average molecular weight is 187 g/mol. The summed E-state index contributed by atoms with van der Waals surface area (Å²) in [5.41, 5.74) is 2.48. The maximum absolute atomic E-state index is 3.16. The largest absolute Gasteiger partial charge is 0.319 e. The van der Waals surface area contributed by atoms with Gasteiger partial charge in [-0.1, -0.05) is 30.9 Å². The van der Waals surface area contributed by atoms with Crippen molar-refractivity contribution >= 4 is 0 Å². The first-order chi connectivity index (χ1) is 6.86. The van der Waals surface area contributed by atoms with Crippen molar-refractivity contribution in [2.75, 3.05) is 13.6 Å². The van der Waals surface area contributed by atoms with Gasteiger partial charge in [0.15, 0.2) is 0 Å². The fourth-order valence-corrected chi connectivity index (χ4v) is 1.22. The second-order valence-corrected chi connectivity index (χ2v) is 3.21. The number of benzene rings is 1. The molecule has 0 aliphatic rings. The van der Waals surface area contributed by atoms with Crippen molar-refractivity contribution in [1.29, 1.82) is 0 Å². The fourth-order valence-electron chi connectivity index (χ4n) is 1.22. The molecule has 0 spiro atoms. The van der Waals surface area contributed by atoms with Gasteiger partial charge in [-0.3, -0.25) is 0 Å². The number of hydrogen-bond acceptors (Lipinski definition) is 1. The Hall–Kier alpha value is -1.26. The Kier molecular flexibility index (Phi) is 4.82. The predicted molar refractivity (Wildman–Crippen MR) is 61.2 cm³/mol. The molecule has 0 aliphatic heterocycles. The summed E-state index contributed by atoms with van der Waals surface area (Å²) in [6.45, 7) is 3.12. The third-order valence-corrected chi connectivity index (χ3v) is 2.07. The Balaban J connectivity index is 2.60. The van der Waals surface area contributed by atoms with Gasteiger partial charge in [0.25, 0.3) is 0 Å². The molecule has 0 amide bonds. The van der Waals surface area contributed by atoms with Crippen LogP contribution >= 0.6 is 0 Å². The first-order valence-corrected chi connectivity index (χ1v) is 5.09. The van der Waals surface area contributed by atoms with Crippen LogP contribution < -0.4 is 5.32 Å². The van der Waals surface area contributed by atoms with Gasteiger partial charge in [0.1, 0.15) is 0 Å². The van der Waals surface area contributed by atoms with E-state index in [1.165, 1.54) is 5.56 Å². The zero-order chi connectivity index (χ0) is 10.2. The summed E-state index contributed by atoms with van der Waals surface area (Å²) >= 11 is 0. The average Bonchev–Trinajstić information content (AvgIpc) is 2.25. The quantitative estimate of drug-likeness (QED) is 0.565. The van der Waals surface area contributed by atoms with Crippen molar-refractivity contribution in [2.24, 2.45) is 0 Å². The molecule has 1 heteroatoms. The first-order valence-electron chi connectivity index (χ1n) is 5.09. The van der Waals surface area contributed by atoms with Crippen LogP contribution in [-0.2, 0) is 6.42 Å². The lowest BCUT2D eigenvalue weighted by Crippen LogP contribution is -2.05. The summed E-state index contributed by atoms with van der Waals surface area (Å²) in [7, 11) is 1.94. The van der Waals surface area contributed by atoms with Gasteiger partial charge in [0.2, 0.25) is 0 Å². The van der Waals surface area contributed by atoms with Crippen LogP contribution in [0.25, 0.3) is 0 Å². The Morgan fingerprint density at radius 1 is 1.36 bits per heavy atom. The monoisotopic (exact) mass is 187 g/mol. The Bertz CT molecular complexity index is 331. The van der Waals surface area contributed by atoms with Crippen molar-refractivity contribution in [1.82, 2.24) is 5.32 Å². The highest BCUT2D eigenvalue weighted by molar-refractivity contribution is 5.37. The minimum Gasteiger partial charge on any atom is -0.319 e. The molecule has 0 unspecified atom stereocenters. The number of hydrogen-bond donors (Lipinski definition) is 1. The maximum Gasteiger partial charge on any atom is 0.0247 e. The molecule has 0 radical (unpaired) electrons. The molecule has 14 heavy (non-hydrogen) atoms. The molecule has 0 aromatic heterocycles. The molecule has 0 aliphatic carbocycles. The Labute approximate surface area is 86.5 Å². The van der Waals surface area contributed by atoms with Crippen LogP contribution in [0, 0.1) is 11.8 Å². The molecule has 0 saturated heterocycles. The molecule has 0 heterocycles. The van der Waals surface area contributed by atoms with Gasteiger partial charge < -0.3 is 5.32 Å². The molecule has 1 N–H and O–H groups in total. The number of aryl methyl sites for hydroxylation is 1. The lowest BCUT2D eigenvalue weighted by molar-refractivity contribution is 0.818. The van der Waals surface area contributed by atoms with E-state index >= 15 is 0 Å². The van der Waals surface area contributed by atoms with E-state index in [9.17, 15) is 0 Å². The molecule has 1 aromatic rings. The van der Waals surface area contributed by atoms with E-state index in [0.29, 0.717) is 0 Å². The molecular weight excluding hydrogens is 170 g/mol. The van der Waals surface area contributed by atoms with Crippen LogP contribution in [0.3, 0.4) is 0 Å². The van der Waals surface area contributed by atoms with Crippen LogP contribution in [0.4, 0.5) is 0 Å².